The summed E-state index contributed by atoms with van der Waals surface area (Å²) in [5, 5.41) is 5.15. The second-order valence-electron chi connectivity index (χ2n) is 7.26. The molecular formula is C25H25N3O3. The summed E-state index contributed by atoms with van der Waals surface area (Å²) in [6.45, 7) is 8.50. The van der Waals surface area contributed by atoms with Gasteiger partial charge in [-0.05, 0) is 52.0 Å². The van der Waals surface area contributed by atoms with E-state index in [-0.39, 0.29) is 6.61 Å². The largest absolute Gasteiger partial charge is 0.492 e. The molecule has 0 atom stereocenters. The second-order valence-corrected chi connectivity index (χ2v) is 7.26. The number of nitrogens with one attached hydrogen (secondary N) is 1. The number of rotatable bonds is 6. The number of aryl methyl sites for hydroxylation is 2. The topological polar surface area (TPSA) is 73.3 Å². The van der Waals surface area contributed by atoms with Crippen molar-refractivity contribution < 1.29 is 14.3 Å². The first kappa shape index (κ1) is 20.6. The Labute approximate surface area is 181 Å². The van der Waals surface area contributed by atoms with Gasteiger partial charge < -0.3 is 14.8 Å². The monoisotopic (exact) mass is 415 g/mol. The lowest BCUT2D eigenvalue weighted by atomic mass is 10.0. The highest BCUT2D eigenvalue weighted by Gasteiger charge is 2.21. The average molecular weight is 415 g/mol. The van der Waals surface area contributed by atoms with Crippen LogP contribution in [0.25, 0.3) is 21.8 Å². The summed E-state index contributed by atoms with van der Waals surface area (Å²) in [5.74, 6) is 0.268. The molecule has 4 aromatic rings. The number of benzene rings is 2. The van der Waals surface area contributed by atoms with Crippen molar-refractivity contribution in [1.29, 1.82) is 0 Å². The number of carbonyl (C=O) groups is 1. The van der Waals surface area contributed by atoms with Crippen LogP contribution in [0.4, 0.5) is 11.4 Å². The Kier molecular flexibility index (Phi) is 5.71. The predicted octanol–water partition coefficient (Wildman–Crippen LogP) is 5.72. The van der Waals surface area contributed by atoms with Crippen molar-refractivity contribution in [1.82, 2.24) is 9.97 Å². The molecule has 158 valence electrons. The van der Waals surface area contributed by atoms with Gasteiger partial charge in [-0.2, -0.15) is 0 Å². The van der Waals surface area contributed by atoms with Crippen LogP contribution in [-0.4, -0.2) is 29.2 Å². The van der Waals surface area contributed by atoms with Crippen molar-refractivity contribution in [3.8, 4) is 5.75 Å². The number of para-hydroxylation sites is 2. The van der Waals surface area contributed by atoms with Crippen LogP contribution >= 0.6 is 0 Å². The molecule has 31 heavy (non-hydrogen) atoms. The van der Waals surface area contributed by atoms with Gasteiger partial charge in [0.15, 0.2) is 0 Å². The van der Waals surface area contributed by atoms with Crippen LogP contribution < -0.4 is 10.1 Å². The summed E-state index contributed by atoms with van der Waals surface area (Å²) in [7, 11) is 0. The highest BCUT2D eigenvalue weighted by atomic mass is 16.5. The Morgan fingerprint density at radius 1 is 1.06 bits per heavy atom. The van der Waals surface area contributed by atoms with Crippen LogP contribution in [0.2, 0.25) is 0 Å². The first-order chi connectivity index (χ1) is 15.0. The number of aromatic nitrogens is 2. The van der Waals surface area contributed by atoms with E-state index in [0.29, 0.717) is 23.6 Å². The van der Waals surface area contributed by atoms with Gasteiger partial charge >= 0.3 is 5.97 Å². The summed E-state index contributed by atoms with van der Waals surface area (Å²) < 4.78 is 11.1. The molecule has 0 unspecified atom stereocenters. The fourth-order valence-electron chi connectivity index (χ4n) is 3.72. The highest BCUT2D eigenvalue weighted by molar-refractivity contribution is 6.14. The van der Waals surface area contributed by atoms with Crippen molar-refractivity contribution in [2.24, 2.45) is 0 Å². The van der Waals surface area contributed by atoms with Gasteiger partial charge in [0.05, 0.1) is 35.6 Å². The van der Waals surface area contributed by atoms with E-state index < -0.39 is 5.97 Å². The van der Waals surface area contributed by atoms with E-state index in [1.807, 2.05) is 57.2 Å². The van der Waals surface area contributed by atoms with Gasteiger partial charge in [0.1, 0.15) is 11.3 Å². The highest BCUT2D eigenvalue weighted by Crippen LogP contribution is 2.37. The lowest BCUT2D eigenvalue weighted by molar-refractivity contribution is 0.0527. The molecule has 1 N–H and O–H groups in total. The Morgan fingerprint density at radius 2 is 1.87 bits per heavy atom. The number of nitrogens with zero attached hydrogens (tertiary/aromatic N) is 2. The number of esters is 1. The molecule has 0 bridgehead atoms. The standard InChI is InChI=1S/C25H25N3O3/c1-5-30-21-10-8-7-9-20(21)28-24-18(25(29)31-6-2)14-26-23-17-13-15(3)11-12-19(17)27-16(4)22(23)24/h7-14H,5-6H2,1-4H3,(H,26,28). The fraction of sp³-hybridized carbons (Fsp3) is 0.240. The number of anilines is 2. The van der Waals surface area contributed by atoms with Gasteiger partial charge in [-0.15, -0.1) is 0 Å². The third-order valence-electron chi connectivity index (χ3n) is 5.08. The van der Waals surface area contributed by atoms with E-state index in [4.69, 9.17) is 14.5 Å². The zero-order chi connectivity index (χ0) is 22.0. The van der Waals surface area contributed by atoms with Crippen LogP contribution in [0.5, 0.6) is 5.75 Å². The fourth-order valence-corrected chi connectivity index (χ4v) is 3.72. The van der Waals surface area contributed by atoms with Crippen molar-refractivity contribution in [2.75, 3.05) is 18.5 Å². The molecule has 6 heteroatoms. The van der Waals surface area contributed by atoms with Crippen LogP contribution in [0, 0.1) is 13.8 Å². The second kappa shape index (κ2) is 8.60. The molecule has 0 fully saturated rings. The van der Waals surface area contributed by atoms with Gasteiger partial charge in [0.25, 0.3) is 0 Å². The Morgan fingerprint density at radius 3 is 2.65 bits per heavy atom. The molecule has 2 heterocycles. The minimum absolute atomic E-state index is 0.278. The van der Waals surface area contributed by atoms with E-state index in [1.54, 1.807) is 13.1 Å². The summed E-state index contributed by atoms with van der Waals surface area (Å²) in [4.78, 5) is 22.2. The molecule has 4 rings (SSSR count). The molecule has 0 aliphatic heterocycles. The van der Waals surface area contributed by atoms with Crippen LogP contribution in [0.1, 0.15) is 35.5 Å². The van der Waals surface area contributed by atoms with Crippen molar-refractivity contribution in [2.45, 2.75) is 27.7 Å². The zero-order valence-electron chi connectivity index (χ0n) is 18.2. The third kappa shape index (κ3) is 3.89. The molecular weight excluding hydrogens is 390 g/mol. The lowest BCUT2D eigenvalue weighted by Gasteiger charge is -2.18. The van der Waals surface area contributed by atoms with Crippen LogP contribution in [0.3, 0.4) is 0 Å². The van der Waals surface area contributed by atoms with E-state index in [1.165, 1.54) is 0 Å². The molecule has 0 radical (unpaired) electrons. The van der Waals surface area contributed by atoms with Gasteiger partial charge in [-0.3, -0.25) is 9.97 Å². The van der Waals surface area contributed by atoms with Crippen LogP contribution in [-0.2, 0) is 4.74 Å². The minimum Gasteiger partial charge on any atom is -0.492 e. The van der Waals surface area contributed by atoms with Gasteiger partial charge in [-0.25, -0.2) is 4.79 Å². The molecule has 0 amide bonds. The van der Waals surface area contributed by atoms with Crippen LogP contribution in [0.15, 0.2) is 48.7 Å². The van der Waals surface area contributed by atoms with Gasteiger partial charge in [0.2, 0.25) is 0 Å². The van der Waals surface area contributed by atoms with E-state index in [2.05, 4.69) is 16.4 Å². The molecule has 0 aliphatic rings. The zero-order valence-corrected chi connectivity index (χ0v) is 18.2. The first-order valence-electron chi connectivity index (χ1n) is 10.4. The van der Waals surface area contributed by atoms with Gasteiger partial charge in [0, 0.05) is 22.7 Å². The smallest absolute Gasteiger partial charge is 0.341 e. The van der Waals surface area contributed by atoms with Crippen molar-refractivity contribution >= 4 is 39.1 Å². The summed E-state index contributed by atoms with van der Waals surface area (Å²) in [6.07, 6.45) is 1.58. The molecule has 0 saturated carbocycles. The molecule has 2 aromatic carbocycles. The van der Waals surface area contributed by atoms with Crippen molar-refractivity contribution in [3.05, 3.63) is 65.5 Å². The maximum absolute atomic E-state index is 12.8. The third-order valence-corrected chi connectivity index (χ3v) is 5.08. The van der Waals surface area contributed by atoms with E-state index >= 15 is 0 Å². The Balaban J connectivity index is 2.02. The summed E-state index contributed by atoms with van der Waals surface area (Å²) >= 11 is 0. The number of pyridine rings is 2. The lowest BCUT2D eigenvalue weighted by Crippen LogP contribution is -2.10. The number of fused-ring (bicyclic) bond motifs is 3. The quantitative estimate of drug-likeness (QED) is 0.321. The molecule has 0 aliphatic carbocycles. The maximum Gasteiger partial charge on any atom is 0.341 e. The summed E-state index contributed by atoms with van der Waals surface area (Å²) in [6, 6.07) is 13.7. The normalized spacial score (nSPS) is 11.0. The Hall–Kier alpha value is -3.67. The van der Waals surface area contributed by atoms with E-state index in [0.717, 1.165) is 38.8 Å². The average Bonchev–Trinajstić information content (AvgIpc) is 2.76. The number of carbonyl (C=O) groups excluding carboxylic acids is 1. The SMILES string of the molecule is CCOC(=O)c1cnc2c(c(C)nc3ccc(C)cc32)c1Nc1ccccc1OCC. The maximum atomic E-state index is 12.8. The minimum atomic E-state index is -0.433. The number of hydrogen-bond donors (Lipinski definition) is 1. The predicted molar refractivity (Wildman–Crippen MR) is 123 cm³/mol. The van der Waals surface area contributed by atoms with Crippen molar-refractivity contribution in [3.63, 3.8) is 0 Å². The Bertz CT molecular complexity index is 1280. The summed E-state index contributed by atoms with van der Waals surface area (Å²) in [5.41, 5.74) is 5.28. The van der Waals surface area contributed by atoms with E-state index in [9.17, 15) is 4.79 Å². The van der Waals surface area contributed by atoms with Gasteiger partial charge in [-0.1, -0.05) is 23.8 Å². The molecule has 0 saturated heterocycles. The molecule has 2 aromatic heterocycles. The first-order valence-corrected chi connectivity index (χ1v) is 10.4. The molecule has 6 nitrogen and oxygen atoms in total. The number of ether oxygens (including phenoxy) is 2. The number of hydrogen-bond acceptors (Lipinski definition) is 6. The molecule has 0 spiro atoms.